The highest BCUT2D eigenvalue weighted by Gasteiger charge is 2.58. The van der Waals surface area contributed by atoms with Crippen LogP contribution >= 0.6 is 0 Å². The number of nitrogens with zero attached hydrogens (tertiary/aromatic N) is 2. The summed E-state index contributed by atoms with van der Waals surface area (Å²) in [4.78, 5) is 29.5. The molecular weight excluding hydrogens is 395 g/mol. The minimum absolute atomic E-state index is 0.0759. The Labute approximate surface area is 174 Å². The first-order chi connectivity index (χ1) is 14.1. The lowest BCUT2D eigenvalue weighted by atomic mass is 9.67. The molecule has 2 saturated carbocycles. The molecule has 0 radical (unpaired) electrons. The Kier molecular flexibility index (Phi) is 5.33. The van der Waals surface area contributed by atoms with Crippen molar-refractivity contribution in [2.24, 2.45) is 11.8 Å². The minimum Gasteiger partial charge on any atom is -0.323 e. The summed E-state index contributed by atoms with van der Waals surface area (Å²) in [6, 6.07) is 4.97. The molecule has 1 aliphatic heterocycles. The van der Waals surface area contributed by atoms with E-state index in [-0.39, 0.29) is 36.5 Å². The predicted octanol–water partition coefficient (Wildman–Crippen LogP) is 4.37. The molecule has 0 aromatic heterocycles. The molecule has 3 aliphatic rings. The van der Waals surface area contributed by atoms with Gasteiger partial charge in [-0.2, -0.15) is 13.2 Å². The number of imide groups is 1. The second kappa shape index (κ2) is 7.55. The summed E-state index contributed by atoms with van der Waals surface area (Å²) in [7, 11) is 0. The van der Waals surface area contributed by atoms with Gasteiger partial charge in [-0.15, -0.1) is 0 Å². The summed E-state index contributed by atoms with van der Waals surface area (Å²) < 4.78 is 38.4. The van der Waals surface area contributed by atoms with Crippen LogP contribution in [0.4, 0.5) is 18.0 Å². The van der Waals surface area contributed by atoms with E-state index in [0.29, 0.717) is 6.54 Å². The molecule has 30 heavy (non-hydrogen) atoms. The fourth-order valence-corrected chi connectivity index (χ4v) is 5.03. The first-order valence-electron chi connectivity index (χ1n) is 10.7. The number of hydrogen-bond acceptors (Lipinski definition) is 3. The lowest BCUT2D eigenvalue weighted by Crippen LogP contribution is -2.59. The largest absolute Gasteiger partial charge is 0.416 e. The van der Waals surface area contributed by atoms with E-state index < -0.39 is 17.3 Å². The molecule has 2 aliphatic carbocycles. The van der Waals surface area contributed by atoms with Crippen LogP contribution in [0.25, 0.3) is 0 Å². The zero-order valence-electron chi connectivity index (χ0n) is 17.3. The third-order valence-corrected chi connectivity index (χ3v) is 7.04. The SMILES string of the molecule is CC1CCCC(C)C12NC(=O)N(CN(Cc1ccc(C(F)(F)F)cc1)C1CC1)C2=O. The Morgan fingerprint density at radius 2 is 1.67 bits per heavy atom. The third kappa shape index (κ3) is 3.70. The number of alkyl halides is 3. The molecule has 1 spiro atoms. The maximum absolute atomic E-state index is 13.4. The van der Waals surface area contributed by atoms with E-state index in [1.54, 1.807) is 0 Å². The van der Waals surface area contributed by atoms with Gasteiger partial charge >= 0.3 is 12.2 Å². The van der Waals surface area contributed by atoms with Crippen LogP contribution in [0.1, 0.15) is 57.1 Å². The van der Waals surface area contributed by atoms with Crippen molar-refractivity contribution in [3.8, 4) is 0 Å². The highest BCUT2D eigenvalue weighted by Crippen LogP contribution is 2.42. The lowest BCUT2D eigenvalue weighted by Gasteiger charge is -2.42. The Bertz CT molecular complexity index is 810. The summed E-state index contributed by atoms with van der Waals surface area (Å²) in [5, 5.41) is 3.01. The van der Waals surface area contributed by atoms with Crippen LogP contribution < -0.4 is 5.32 Å². The van der Waals surface area contributed by atoms with E-state index in [4.69, 9.17) is 0 Å². The van der Waals surface area contributed by atoms with Gasteiger partial charge in [-0.1, -0.05) is 32.4 Å². The molecule has 2 unspecified atom stereocenters. The van der Waals surface area contributed by atoms with Gasteiger partial charge in [-0.05, 0) is 55.2 Å². The van der Waals surface area contributed by atoms with Gasteiger partial charge in [0.05, 0.1) is 12.2 Å². The average molecular weight is 423 g/mol. The van der Waals surface area contributed by atoms with E-state index in [1.165, 1.54) is 17.0 Å². The molecule has 3 amide bonds. The molecule has 1 heterocycles. The van der Waals surface area contributed by atoms with Crippen LogP contribution in [0.2, 0.25) is 0 Å². The number of halogens is 3. The number of nitrogens with one attached hydrogen (secondary N) is 1. The van der Waals surface area contributed by atoms with Gasteiger partial charge in [0.15, 0.2) is 0 Å². The Balaban J connectivity index is 1.50. The van der Waals surface area contributed by atoms with E-state index >= 15 is 0 Å². The molecule has 164 valence electrons. The molecule has 1 saturated heterocycles. The van der Waals surface area contributed by atoms with Crippen LogP contribution in [-0.2, 0) is 17.5 Å². The number of carbonyl (C=O) groups is 2. The summed E-state index contributed by atoms with van der Waals surface area (Å²) in [6.45, 7) is 4.62. The van der Waals surface area contributed by atoms with E-state index in [2.05, 4.69) is 5.32 Å². The quantitative estimate of drug-likeness (QED) is 0.716. The number of hydrogen-bond donors (Lipinski definition) is 1. The molecule has 1 aromatic carbocycles. The second-order valence-electron chi connectivity index (χ2n) is 9.08. The molecule has 1 N–H and O–H groups in total. The van der Waals surface area contributed by atoms with Crippen LogP contribution in [-0.4, -0.2) is 40.0 Å². The lowest BCUT2D eigenvalue weighted by molar-refractivity contribution is -0.138. The maximum atomic E-state index is 13.4. The van der Waals surface area contributed by atoms with E-state index in [1.807, 2.05) is 18.7 Å². The van der Waals surface area contributed by atoms with Crippen molar-refractivity contribution in [1.29, 1.82) is 0 Å². The summed E-state index contributed by atoms with van der Waals surface area (Å²) >= 11 is 0. The molecule has 4 rings (SSSR count). The van der Waals surface area contributed by atoms with E-state index in [0.717, 1.165) is 49.8 Å². The molecule has 1 aromatic rings. The van der Waals surface area contributed by atoms with Crippen molar-refractivity contribution in [3.05, 3.63) is 35.4 Å². The van der Waals surface area contributed by atoms with Crippen molar-refractivity contribution in [3.63, 3.8) is 0 Å². The molecule has 3 fully saturated rings. The zero-order valence-corrected chi connectivity index (χ0v) is 17.3. The molecule has 5 nitrogen and oxygen atoms in total. The van der Waals surface area contributed by atoms with Crippen LogP contribution in [0.5, 0.6) is 0 Å². The topological polar surface area (TPSA) is 52.7 Å². The summed E-state index contributed by atoms with van der Waals surface area (Å²) in [6.07, 6.45) is 0.417. The fourth-order valence-electron chi connectivity index (χ4n) is 5.03. The number of rotatable bonds is 5. The Hall–Kier alpha value is -2.09. The highest BCUT2D eigenvalue weighted by atomic mass is 19.4. The maximum Gasteiger partial charge on any atom is 0.416 e. The van der Waals surface area contributed by atoms with Crippen molar-refractivity contribution < 1.29 is 22.8 Å². The van der Waals surface area contributed by atoms with Crippen LogP contribution in [0.3, 0.4) is 0 Å². The fraction of sp³-hybridized carbons (Fsp3) is 0.636. The minimum atomic E-state index is -4.36. The zero-order chi connectivity index (χ0) is 21.7. The number of urea groups is 1. The number of benzene rings is 1. The van der Waals surface area contributed by atoms with Crippen molar-refractivity contribution in [2.75, 3.05) is 6.67 Å². The van der Waals surface area contributed by atoms with Gasteiger partial charge in [-0.3, -0.25) is 9.69 Å². The molecule has 8 heteroatoms. The molecular formula is C22H28F3N3O2. The smallest absolute Gasteiger partial charge is 0.323 e. The monoisotopic (exact) mass is 423 g/mol. The number of amides is 3. The second-order valence-corrected chi connectivity index (χ2v) is 9.08. The van der Waals surface area contributed by atoms with Gasteiger partial charge in [0.2, 0.25) is 0 Å². The summed E-state index contributed by atoms with van der Waals surface area (Å²) in [5.74, 6) is -0.00996. The van der Waals surface area contributed by atoms with E-state index in [9.17, 15) is 22.8 Å². The predicted molar refractivity (Wildman–Crippen MR) is 105 cm³/mol. The third-order valence-electron chi connectivity index (χ3n) is 7.04. The van der Waals surface area contributed by atoms with Crippen molar-refractivity contribution in [2.45, 2.75) is 70.3 Å². The van der Waals surface area contributed by atoms with Crippen molar-refractivity contribution >= 4 is 11.9 Å². The molecule has 2 atom stereocenters. The van der Waals surface area contributed by atoms with Crippen LogP contribution in [0, 0.1) is 11.8 Å². The van der Waals surface area contributed by atoms with Gasteiger partial charge < -0.3 is 5.32 Å². The Morgan fingerprint density at radius 1 is 1.07 bits per heavy atom. The van der Waals surface area contributed by atoms with Gasteiger partial charge in [0, 0.05) is 12.6 Å². The van der Waals surface area contributed by atoms with Crippen LogP contribution in [0.15, 0.2) is 24.3 Å². The standard InChI is InChI=1S/C22H28F3N3O2/c1-14-4-3-5-15(2)21(14)19(29)28(20(30)26-21)13-27(18-10-11-18)12-16-6-8-17(9-7-16)22(23,24)25/h6-9,14-15,18H,3-5,10-13H2,1-2H3,(H,26,30). The summed E-state index contributed by atoms with van der Waals surface area (Å²) in [5.41, 5.74) is -0.782. The highest BCUT2D eigenvalue weighted by molar-refractivity contribution is 6.07. The average Bonchev–Trinajstić information content (AvgIpc) is 3.49. The number of carbonyl (C=O) groups excluding carboxylic acids is 2. The normalized spacial score (nSPS) is 29.7. The van der Waals surface area contributed by atoms with Gasteiger partial charge in [0.25, 0.3) is 5.91 Å². The Morgan fingerprint density at radius 3 is 2.20 bits per heavy atom. The van der Waals surface area contributed by atoms with Crippen molar-refractivity contribution in [1.82, 2.24) is 15.1 Å². The first kappa shape index (κ1) is 21.2. The van der Waals surface area contributed by atoms with Gasteiger partial charge in [0.1, 0.15) is 5.54 Å². The first-order valence-corrected chi connectivity index (χ1v) is 10.7. The van der Waals surface area contributed by atoms with Gasteiger partial charge in [-0.25, -0.2) is 9.69 Å². The molecule has 0 bridgehead atoms.